The molecule has 1 atom stereocenters. The Morgan fingerprint density at radius 1 is 1.11 bits per heavy atom. The molecule has 3 aromatic rings. The van der Waals surface area contributed by atoms with Crippen LogP contribution in [-0.2, 0) is 22.5 Å². The molecule has 0 saturated heterocycles. The molecule has 0 unspecified atom stereocenters. The normalized spacial score (nSPS) is 11.0. The van der Waals surface area contributed by atoms with Crippen LogP contribution in [0.4, 0.5) is 8.78 Å². The second-order valence-electron chi connectivity index (χ2n) is 7.40. The predicted molar refractivity (Wildman–Crippen MR) is 138 cm³/mol. The van der Waals surface area contributed by atoms with Gasteiger partial charge < -0.3 is 20.5 Å². The third-order valence-electron chi connectivity index (χ3n) is 5.03. The Kier molecular flexibility index (Phi) is 12.8. The lowest BCUT2D eigenvalue weighted by atomic mass is 10.1. The number of amidine groups is 1. The largest absolute Gasteiger partial charge is 0.490 e. The molecule has 2 aromatic carbocycles. The zero-order valence-corrected chi connectivity index (χ0v) is 21.1. The summed E-state index contributed by atoms with van der Waals surface area (Å²) in [5.41, 5.74) is 7.11. The number of hydrogen-bond donors (Lipinski definition) is 3. The Labute approximate surface area is 220 Å². The summed E-state index contributed by atoms with van der Waals surface area (Å²) in [7, 11) is 0. The first kappa shape index (κ1) is 30.8. The summed E-state index contributed by atoms with van der Waals surface area (Å²) in [6.07, 6.45) is 2.32. The summed E-state index contributed by atoms with van der Waals surface area (Å²) in [4.78, 5) is 16.8. The van der Waals surface area contributed by atoms with E-state index in [1.54, 1.807) is 49.6 Å². The van der Waals surface area contributed by atoms with E-state index in [0.29, 0.717) is 12.0 Å². The SMILES string of the molecule is CCO[C@H](C(=O)NCc1ccc(C(=N)N)cc1)c1c(F)ccc(OCCc2cccnc2)c1F.Cl.Cl. The van der Waals surface area contributed by atoms with Crippen LogP contribution >= 0.6 is 24.8 Å². The number of benzene rings is 2. The first-order valence-corrected chi connectivity index (χ1v) is 10.7. The van der Waals surface area contributed by atoms with Crippen molar-refractivity contribution in [1.82, 2.24) is 10.3 Å². The van der Waals surface area contributed by atoms with Crippen LogP contribution in [0.25, 0.3) is 0 Å². The van der Waals surface area contributed by atoms with Crippen LogP contribution in [0.5, 0.6) is 5.75 Å². The number of aromatic nitrogens is 1. The molecule has 194 valence electrons. The van der Waals surface area contributed by atoms with Gasteiger partial charge in [-0.3, -0.25) is 15.2 Å². The number of nitrogens with zero attached hydrogens (tertiary/aromatic N) is 1. The predicted octanol–water partition coefficient (Wildman–Crippen LogP) is 4.50. The van der Waals surface area contributed by atoms with Gasteiger partial charge in [-0.05, 0) is 36.2 Å². The van der Waals surface area contributed by atoms with Crippen molar-refractivity contribution in [2.45, 2.75) is 26.0 Å². The molecule has 1 amide bonds. The van der Waals surface area contributed by atoms with E-state index >= 15 is 4.39 Å². The Morgan fingerprint density at radius 3 is 2.44 bits per heavy atom. The highest BCUT2D eigenvalue weighted by Crippen LogP contribution is 2.30. The zero-order valence-electron chi connectivity index (χ0n) is 19.5. The number of nitrogen functional groups attached to an aromatic ring is 1. The minimum Gasteiger partial charge on any atom is -0.490 e. The van der Waals surface area contributed by atoms with Crippen molar-refractivity contribution in [3.63, 3.8) is 0 Å². The minimum atomic E-state index is -1.50. The van der Waals surface area contributed by atoms with Gasteiger partial charge in [-0.2, -0.15) is 0 Å². The Morgan fingerprint density at radius 2 is 1.83 bits per heavy atom. The Balaban J connectivity index is 0.00000324. The lowest BCUT2D eigenvalue weighted by molar-refractivity contribution is -0.133. The summed E-state index contributed by atoms with van der Waals surface area (Å²) in [5.74, 6) is -2.82. The molecule has 0 spiro atoms. The van der Waals surface area contributed by atoms with Gasteiger partial charge in [-0.15, -0.1) is 24.8 Å². The van der Waals surface area contributed by atoms with Crippen LogP contribution < -0.4 is 15.8 Å². The van der Waals surface area contributed by atoms with Crippen LogP contribution in [0, 0.1) is 17.0 Å². The number of amides is 1. The van der Waals surface area contributed by atoms with E-state index in [-0.39, 0.29) is 56.2 Å². The molecule has 0 aliphatic rings. The van der Waals surface area contributed by atoms with Gasteiger partial charge in [0.25, 0.3) is 5.91 Å². The van der Waals surface area contributed by atoms with E-state index in [2.05, 4.69) is 10.3 Å². The molecule has 0 fully saturated rings. The smallest absolute Gasteiger partial charge is 0.254 e. The molecule has 0 bridgehead atoms. The molecular weight excluding hydrogens is 513 g/mol. The molecule has 0 radical (unpaired) electrons. The van der Waals surface area contributed by atoms with Gasteiger partial charge in [0.05, 0.1) is 12.2 Å². The number of hydrogen-bond acceptors (Lipinski definition) is 5. The molecule has 11 heteroatoms. The Hall–Kier alpha value is -3.27. The van der Waals surface area contributed by atoms with Crippen molar-refractivity contribution in [3.05, 3.63) is 94.8 Å². The second kappa shape index (κ2) is 15.0. The summed E-state index contributed by atoms with van der Waals surface area (Å²) in [6, 6.07) is 12.6. The van der Waals surface area contributed by atoms with Crippen molar-refractivity contribution < 1.29 is 23.0 Å². The highest BCUT2D eigenvalue weighted by molar-refractivity contribution is 5.94. The number of ether oxygens (including phenoxy) is 2. The van der Waals surface area contributed by atoms with Crippen LogP contribution in [0.3, 0.4) is 0 Å². The van der Waals surface area contributed by atoms with E-state index in [4.69, 9.17) is 20.6 Å². The number of nitrogens with one attached hydrogen (secondary N) is 2. The van der Waals surface area contributed by atoms with Crippen molar-refractivity contribution in [2.75, 3.05) is 13.2 Å². The maximum absolute atomic E-state index is 15.2. The molecule has 3 rings (SSSR count). The molecule has 36 heavy (non-hydrogen) atoms. The van der Waals surface area contributed by atoms with Crippen molar-refractivity contribution in [3.8, 4) is 5.75 Å². The third kappa shape index (κ3) is 8.15. The quantitative estimate of drug-likeness (QED) is 0.245. The molecular formula is C25H28Cl2F2N4O3. The van der Waals surface area contributed by atoms with Gasteiger partial charge in [-0.1, -0.05) is 30.3 Å². The van der Waals surface area contributed by atoms with Crippen LogP contribution in [0.1, 0.15) is 35.3 Å². The third-order valence-corrected chi connectivity index (χ3v) is 5.03. The highest BCUT2D eigenvalue weighted by Gasteiger charge is 2.29. The number of halogens is 4. The fourth-order valence-electron chi connectivity index (χ4n) is 3.27. The molecule has 4 N–H and O–H groups in total. The summed E-state index contributed by atoms with van der Waals surface area (Å²) in [5, 5.41) is 10.1. The van der Waals surface area contributed by atoms with Gasteiger partial charge in [-0.25, -0.2) is 8.78 Å². The first-order valence-electron chi connectivity index (χ1n) is 10.7. The van der Waals surface area contributed by atoms with Gasteiger partial charge in [0.2, 0.25) is 0 Å². The molecule has 0 aliphatic carbocycles. The average molecular weight is 541 g/mol. The maximum atomic E-state index is 15.2. The zero-order chi connectivity index (χ0) is 24.5. The van der Waals surface area contributed by atoms with Crippen LogP contribution in [-0.4, -0.2) is 29.9 Å². The standard InChI is InChI=1S/C25H26F2N4O3.2ClH/c1-2-33-23(25(32)31-15-17-5-7-18(8-6-17)24(28)29)21-19(26)9-10-20(22(21)27)34-13-11-16-4-3-12-30-14-16;;/h3-10,12,14,23H,2,11,13,15H2,1H3,(H3,28,29)(H,31,32);2*1H/t23-;;/m0../s1. The van der Waals surface area contributed by atoms with Crippen molar-refractivity contribution in [1.29, 1.82) is 5.41 Å². The number of carbonyl (C=O) groups excluding carboxylic acids is 1. The van der Waals surface area contributed by atoms with E-state index in [9.17, 15) is 9.18 Å². The topological polar surface area (TPSA) is 110 Å². The molecule has 0 aliphatic heterocycles. The number of carbonyl (C=O) groups is 1. The van der Waals surface area contributed by atoms with Crippen molar-refractivity contribution in [2.24, 2.45) is 5.73 Å². The summed E-state index contributed by atoms with van der Waals surface area (Å²) in [6.45, 7) is 1.95. The monoisotopic (exact) mass is 540 g/mol. The van der Waals surface area contributed by atoms with Gasteiger partial charge in [0.15, 0.2) is 17.7 Å². The number of nitrogens with two attached hydrogens (primary N) is 1. The highest BCUT2D eigenvalue weighted by atomic mass is 35.5. The number of pyridine rings is 1. The number of rotatable bonds is 11. The lowest BCUT2D eigenvalue weighted by Crippen LogP contribution is -2.31. The average Bonchev–Trinajstić information content (AvgIpc) is 2.84. The molecule has 0 saturated carbocycles. The minimum absolute atomic E-state index is 0. The maximum Gasteiger partial charge on any atom is 0.254 e. The van der Waals surface area contributed by atoms with Gasteiger partial charge in [0.1, 0.15) is 11.7 Å². The van der Waals surface area contributed by atoms with Crippen LogP contribution in [0.15, 0.2) is 60.9 Å². The van der Waals surface area contributed by atoms with Gasteiger partial charge in [0, 0.05) is 37.5 Å². The van der Waals surface area contributed by atoms with Crippen LogP contribution in [0.2, 0.25) is 0 Å². The molecule has 1 heterocycles. The molecule has 7 nitrogen and oxygen atoms in total. The fraction of sp³-hybridized carbons (Fsp3) is 0.240. The lowest BCUT2D eigenvalue weighted by Gasteiger charge is -2.20. The van der Waals surface area contributed by atoms with E-state index in [0.717, 1.165) is 17.2 Å². The van der Waals surface area contributed by atoms with E-state index in [1.165, 1.54) is 6.07 Å². The molecule has 1 aromatic heterocycles. The summed E-state index contributed by atoms with van der Waals surface area (Å²) < 4.78 is 40.8. The fourth-order valence-corrected chi connectivity index (χ4v) is 3.27. The van der Waals surface area contributed by atoms with E-state index in [1.807, 2.05) is 6.07 Å². The Bertz CT molecular complexity index is 1140. The first-order chi connectivity index (χ1) is 16.4. The second-order valence-corrected chi connectivity index (χ2v) is 7.40. The van der Waals surface area contributed by atoms with E-state index < -0.39 is 29.2 Å². The van der Waals surface area contributed by atoms with Gasteiger partial charge >= 0.3 is 0 Å². The summed E-state index contributed by atoms with van der Waals surface area (Å²) >= 11 is 0. The van der Waals surface area contributed by atoms with Crippen molar-refractivity contribution >= 4 is 36.6 Å².